The van der Waals surface area contributed by atoms with Crippen molar-refractivity contribution in [2.75, 3.05) is 11.9 Å². The van der Waals surface area contributed by atoms with E-state index in [2.05, 4.69) is 15.3 Å². The van der Waals surface area contributed by atoms with Gasteiger partial charge in [-0.3, -0.25) is 19.3 Å². The van der Waals surface area contributed by atoms with Gasteiger partial charge in [0.05, 0.1) is 11.1 Å². The van der Waals surface area contributed by atoms with Gasteiger partial charge >= 0.3 is 6.01 Å². The molecule has 0 saturated heterocycles. The SMILES string of the molecule is Cc1cc(C)nc(Oc2cccc(NC(=O)CCCN3C(=O)c4ccccc4C3=O)c2)n1. The second kappa shape index (κ2) is 8.97. The molecule has 8 nitrogen and oxygen atoms in total. The molecule has 162 valence electrons. The number of hydrogen-bond donors (Lipinski definition) is 1. The van der Waals surface area contributed by atoms with E-state index in [1.54, 1.807) is 48.5 Å². The molecule has 3 aromatic rings. The zero-order valence-corrected chi connectivity index (χ0v) is 17.8. The lowest BCUT2D eigenvalue weighted by Gasteiger charge is -2.13. The van der Waals surface area contributed by atoms with Crippen LogP contribution in [0.2, 0.25) is 0 Å². The third kappa shape index (κ3) is 4.64. The van der Waals surface area contributed by atoms with Gasteiger partial charge in [-0.2, -0.15) is 0 Å². The first-order valence-electron chi connectivity index (χ1n) is 10.3. The van der Waals surface area contributed by atoms with Crippen molar-refractivity contribution >= 4 is 23.4 Å². The van der Waals surface area contributed by atoms with Gasteiger partial charge in [-0.1, -0.05) is 18.2 Å². The number of rotatable bonds is 7. The van der Waals surface area contributed by atoms with Crippen molar-refractivity contribution in [2.24, 2.45) is 0 Å². The number of amides is 3. The van der Waals surface area contributed by atoms with E-state index < -0.39 is 0 Å². The number of ether oxygens (including phenoxy) is 1. The molecule has 0 unspecified atom stereocenters. The van der Waals surface area contributed by atoms with Gasteiger partial charge in [0.25, 0.3) is 11.8 Å². The molecule has 1 N–H and O–H groups in total. The average Bonchev–Trinajstić information content (AvgIpc) is 2.98. The molecule has 3 amide bonds. The van der Waals surface area contributed by atoms with Crippen molar-refractivity contribution in [3.05, 3.63) is 77.1 Å². The summed E-state index contributed by atoms with van der Waals surface area (Å²) in [5.74, 6) is -0.353. The van der Waals surface area contributed by atoms with Crippen molar-refractivity contribution in [2.45, 2.75) is 26.7 Å². The Balaban J connectivity index is 1.31. The van der Waals surface area contributed by atoms with Crippen molar-refractivity contribution in [1.82, 2.24) is 14.9 Å². The molecule has 4 rings (SSSR count). The summed E-state index contributed by atoms with van der Waals surface area (Å²) in [6, 6.07) is 15.8. The molecule has 0 aliphatic carbocycles. The van der Waals surface area contributed by atoms with Crippen LogP contribution in [-0.2, 0) is 4.79 Å². The summed E-state index contributed by atoms with van der Waals surface area (Å²) in [4.78, 5) is 46.8. The number of benzene rings is 2. The number of fused-ring (bicyclic) bond motifs is 1. The Hall–Kier alpha value is -4.07. The van der Waals surface area contributed by atoms with Gasteiger partial charge in [-0.25, -0.2) is 9.97 Å². The zero-order chi connectivity index (χ0) is 22.7. The highest BCUT2D eigenvalue weighted by molar-refractivity contribution is 6.21. The summed E-state index contributed by atoms with van der Waals surface area (Å²) in [7, 11) is 0. The minimum Gasteiger partial charge on any atom is -0.424 e. The molecule has 0 fully saturated rings. The summed E-state index contributed by atoms with van der Waals surface area (Å²) in [6.45, 7) is 3.91. The number of carbonyl (C=O) groups excluding carboxylic acids is 3. The highest BCUT2D eigenvalue weighted by Crippen LogP contribution is 2.24. The molecule has 0 spiro atoms. The van der Waals surface area contributed by atoms with E-state index in [4.69, 9.17) is 4.74 Å². The Kier molecular flexibility index (Phi) is 5.93. The minimum absolute atomic E-state index is 0.165. The predicted molar refractivity (Wildman–Crippen MR) is 118 cm³/mol. The molecule has 32 heavy (non-hydrogen) atoms. The molecular formula is C24H22N4O4. The number of aromatic nitrogens is 2. The maximum atomic E-state index is 12.4. The second-order valence-corrected chi connectivity index (χ2v) is 7.52. The smallest absolute Gasteiger partial charge is 0.322 e. The Morgan fingerprint density at radius 3 is 2.25 bits per heavy atom. The predicted octanol–water partition coefficient (Wildman–Crippen LogP) is 3.90. The number of anilines is 1. The number of hydrogen-bond acceptors (Lipinski definition) is 6. The van der Waals surface area contributed by atoms with E-state index >= 15 is 0 Å². The van der Waals surface area contributed by atoms with Crippen molar-refractivity contribution in [1.29, 1.82) is 0 Å². The van der Waals surface area contributed by atoms with Crippen molar-refractivity contribution < 1.29 is 19.1 Å². The molecule has 1 aromatic heterocycles. The van der Waals surface area contributed by atoms with Gasteiger partial charge in [0.15, 0.2) is 0 Å². The lowest BCUT2D eigenvalue weighted by molar-refractivity contribution is -0.116. The van der Waals surface area contributed by atoms with E-state index in [1.807, 2.05) is 19.9 Å². The standard InChI is InChI=1S/C24H22N4O4/c1-15-13-16(2)26-24(25-15)32-18-8-5-7-17(14-18)27-21(29)11-6-12-28-22(30)19-9-3-4-10-20(19)23(28)31/h3-5,7-10,13-14H,6,11-12H2,1-2H3,(H,27,29). The number of nitrogens with one attached hydrogen (secondary N) is 1. The van der Waals surface area contributed by atoms with Gasteiger partial charge in [-0.05, 0) is 50.6 Å². The Morgan fingerprint density at radius 1 is 0.938 bits per heavy atom. The molecule has 0 atom stereocenters. The summed E-state index contributed by atoms with van der Waals surface area (Å²) >= 11 is 0. The first-order chi connectivity index (χ1) is 15.4. The van der Waals surface area contributed by atoms with Gasteiger partial charge in [-0.15, -0.1) is 0 Å². The van der Waals surface area contributed by atoms with Crippen LogP contribution < -0.4 is 10.1 Å². The normalized spacial score (nSPS) is 12.6. The van der Waals surface area contributed by atoms with Gasteiger partial charge < -0.3 is 10.1 Å². The highest BCUT2D eigenvalue weighted by atomic mass is 16.5. The van der Waals surface area contributed by atoms with Crippen LogP contribution in [0.4, 0.5) is 5.69 Å². The molecule has 2 heterocycles. The third-order valence-corrected chi connectivity index (χ3v) is 4.95. The molecule has 8 heteroatoms. The fourth-order valence-electron chi connectivity index (χ4n) is 3.55. The molecule has 2 aromatic carbocycles. The van der Waals surface area contributed by atoms with Gasteiger partial charge in [0.1, 0.15) is 5.75 Å². The summed E-state index contributed by atoms with van der Waals surface area (Å²) in [5.41, 5.74) is 2.99. The van der Waals surface area contributed by atoms with Crippen LogP contribution in [-0.4, -0.2) is 39.1 Å². The van der Waals surface area contributed by atoms with Crippen LogP contribution in [0.25, 0.3) is 0 Å². The Labute approximate surface area is 185 Å². The van der Waals surface area contributed by atoms with E-state index in [9.17, 15) is 14.4 Å². The summed E-state index contributed by atoms with van der Waals surface area (Å²) < 4.78 is 5.71. The fourth-order valence-corrected chi connectivity index (χ4v) is 3.55. The highest BCUT2D eigenvalue weighted by Gasteiger charge is 2.34. The van der Waals surface area contributed by atoms with E-state index in [0.717, 1.165) is 11.4 Å². The van der Waals surface area contributed by atoms with Crippen LogP contribution in [0.3, 0.4) is 0 Å². The van der Waals surface area contributed by atoms with Crippen molar-refractivity contribution in [3.8, 4) is 11.8 Å². The van der Waals surface area contributed by atoms with Crippen LogP contribution in [0.5, 0.6) is 11.8 Å². The first kappa shape index (κ1) is 21.2. The molecule has 0 radical (unpaired) electrons. The topological polar surface area (TPSA) is 101 Å². The number of aryl methyl sites for hydroxylation is 2. The maximum absolute atomic E-state index is 12.4. The van der Waals surface area contributed by atoms with Crippen LogP contribution in [0.15, 0.2) is 54.6 Å². The maximum Gasteiger partial charge on any atom is 0.322 e. The largest absolute Gasteiger partial charge is 0.424 e. The minimum atomic E-state index is -0.315. The van der Waals surface area contributed by atoms with Crippen LogP contribution >= 0.6 is 0 Å². The van der Waals surface area contributed by atoms with Crippen LogP contribution in [0, 0.1) is 13.8 Å². The Bertz CT molecular complexity index is 1150. The van der Waals surface area contributed by atoms with Gasteiger partial charge in [0.2, 0.25) is 5.91 Å². The van der Waals surface area contributed by atoms with E-state index in [0.29, 0.717) is 29.0 Å². The van der Waals surface area contributed by atoms with Crippen molar-refractivity contribution in [3.63, 3.8) is 0 Å². The summed E-state index contributed by atoms with van der Waals surface area (Å²) in [6.07, 6.45) is 0.530. The lowest BCUT2D eigenvalue weighted by atomic mass is 10.1. The third-order valence-electron chi connectivity index (χ3n) is 4.95. The zero-order valence-electron chi connectivity index (χ0n) is 17.8. The first-order valence-corrected chi connectivity index (χ1v) is 10.3. The Morgan fingerprint density at radius 2 is 1.59 bits per heavy atom. The second-order valence-electron chi connectivity index (χ2n) is 7.52. The quantitative estimate of drug-likeness (QED) is 0.571. The van der Waals surface area contributed by atoms with Crippen LogP contribution in [0.1, 0.15) is 44.9 Å². The molecule has 0 saturated carbocycles. The molecule has 0 bridgehead atoms. The average molecular weight is 430 g/mol. The summed E-state index contributed by atoms with van der Waals surface area (Å²) in [5, 5.41) is 2.81. The van der Waals surface area contributed by atoms with Gasteiger partial charge in [0, 0.05) is 36.1 Å². The number of imide groups is 1. The number of carbonyl (C=O) groups is 3. The molecular weight excluding hydrogens is 408 g/mol. The molecule has 1 aliphatic heterocycles. The van der Waals surface area contributed by atoms with E-state index in [-0.39, 0.29) is 36.7 Å². The monoisotopic (exact) mass is 430 g/mol. The molecule has 1 aliphatic rings. The lowest BCUT2D eigenvalue weighted by Crippen LogP contribution is -2.31. The fraction of sp³-hybridized carbons (Fsp3) is 0.208. The van der Waals surface area contributed by atoms with E-state index in [1.165, 1.54) is 4.90 Å². The number of nitrogens with zero attached hydrogens (tertiary/aromatic N) is 3.